The summed E-state index contributed by atoms with van der Waals surface area (Å²) < 4.78 is 79.0. The van der Waals surface area contributed by atoms with Crippen LogP contribution in [0, 0.1) is 0 Å². The van der Waals surface area contributed by atoms with Gasteiger partial charge in [0, 0.05) is 25.6 Å². The van der Waals surface area contributed by atoms with Crippen LogP contribution in [-0.2, 0) is 33.3 Å². The lowest BCUT2D eigenvalue weighted by Gasteiger charge is -2.26. The SMILES string of the molecule is COCOC1CC2NC1CC(OS(=O)(=O)C(F)(F)F)=C2C(=O)OC. The number of fused-ring (bicyclic) bond motifs is 2. The molecule has 2 rings (SSSR count). The summed E-state index contributed by atoms with van der Waals surface area (Å²) in [6.07, 6.45) is -0.522. The van der Waals surface area contributed by atoms with Gasteiger partial charge in [-0.3, -0.25) is 0 Å². The van der Waals surface area contributed by atoms with Crippen LogP contribution in [0.4, 0.5) is 13.2 Å². The molecule has 0 amide bonds. The lowest BCUT2D eigenvalue weighted by atomic mass is 10.0. The molecule has 138 valence electrons. The van der Waals surface area contributed by atoms with Gasteiger partial charge in [-0.15, -0.1) is 0 Å². The molecule has 12 heteroatoms. The zero-order chi connectivity index (χ0) is 18.1. The van der Waals surface area contributed by atoms with Crippen molar-refractivity contribution in [3.8, 4) is 0 Å². The number of halogens is 3. The van der Waals surface area contributed by atoms with Crippen LogP contribution in [0.1, 0.15) is 12.8 Å². The molecule has 0 saturated carbocycles. The minimum absolute atomic E-state index is 0.0554. The fraction of sp³-hybridized carbons (Fsp3) is 0.750. The van der Waals surface area contributed by atoms with Crippen molar-refractivity contribution in [1.82, 2.24) is 5.32 Å². The Morgan fingerprint density at radius 3 is 2.54 bits per heavy atom. The van der Waals surface area contributed by atoms with Crippen LogP contribution in [0.3, 0.4) is 0 Å². The van der Waals surface area contributed by atoms with Crippen molar-refractivity contribution in [3.63, 3.8) is 0 Å². The second kappa shape index (κ2) is 6.86. The molecule has 1 saturated heterocycles. The van der Waals surface area contributed by atoms with Crippen LogP contribution in [0.15, 0.2) is 11.3 Å². The number of hydrogen-bond acceptors (Lipinski definition) is 8. The van der Waals surface area contributed by atoms with Gasteiger partial charge in [0.05, 0.1) is 18.8 Å². The average molecular weight is 375 g/mol. The van der Waals surface area contributed by atoms with E-state index in [1.54, 1.807) is 0 Å². The van der Waals surface area contributed by atoms with E-state index in [9.17, 15) is 26.4 Å². The number of rotatable bonds is 6. The lowest BCUT2D eigenvalue weighted by molar-refractivity contribution is -0.136. The Kier molecular flexibility index (Phi) is 5.42. The highest BCUT2D eigenvalue weighted by atomic mass is 32.2. The summed E-state index contributed by atoms with van der Waals surface area (Å²) in [7, 11) is -3.45. The Bertz CT molecular complexity index is 631. The minimum atomic E-state index is -5.88. The Morgan fingerprint density at radius 1 is 1.33 bits per heavy atom. The molecule has 1 fully saturated rings. The van der Waals surface area contributed by atoms with Gasteiger partial charge in [0.2, 0.25) is 0 Å². The number of esters is 1. The van der Waals surface area contributed by atoms with Gasteiger partial charge in [0.15, 0.2) is 0 Å². The predicted octanol–water partition coefficient (Wildman–Crippen LogP) is 0.403. The van der Waals surface area contributed by atoms with Crippen LogP contribution in [0.2, 0.25) is 0 Å². The Morgan fingerprint density at radius 2 is 2.00 bits per heavy atom. The van der Waals surface area contributed by atoms with Gasteiger partial charge < -0.3 is 23.7 Å². The molecule has 2 aliphatic rings. The second-order valence-corrected chi connectivity index (χ2v) is 6.73. The number of alkyl halides is 3. The van der Waals surface area contributed by atoms with Gasteiger partial charge in [-0.2, -0.15) is 21.6 Å². The third kappa shape index (κ3) is 3.66. The maximum absolute atomic E-state index is 12.5. The number of carbonyl (C=O) groups is 1. The van der Waals surface area contributed by atoms with Gasteiger partial charge in [0.25, 0.3) is 0 Å². The maximum atomic E-state index is 12.5. The number of methoxy groups -OCH3 is 2. The Labute approximate surface area is 136 Å². The number of ether oxygens (including phenoxy) is 3. The average Bonchev–Trinajstić information content (AvgIpc) is 2.80. The second-order valence-electron chi connectivity index (χ2n) is 5.19. The summed E-state index contributed by atoms with van der Waals surface area (Å²) in [4.78, 5) is 11.9. The van der Waals surface area contributed by atoms with Crippen LogP contribution >= 0.6 is 0 Å². The predicted molar refractivity (Wildman–Crippen MR) is 71.8 cm³/mol. The quantitative estimate of drug-likeness (QED) is 0.308. The van der Waals surface area contributed by atoms with E-state index in [4.69, 9.17) is 9.47 Å². The summed E-state index contributed by atoms with van der Waals surface area (Å²) in [5.41, 5.74) is -5.89. The Balaban J connectivity index is 2.31. The Hall–Kier alpha value is -1.37. The molecule has 1 N–H and O–H groups in total. The maximum Gasteiger partial charge on any atom is 0.534 e. The summed E-state index contributed by atoms with van der Waals surface area (Å²) in [5, 5.41) is 2.97. The summed E-state index contributed by atoms with van der Waals surface area (Å²) in [6.45, 7) is -0.0554. The summed E-state index contributed by atoms with van der Waals surface area (Å²) in [6, 6.07) is -1.26. The monoisotopic (exact) mass is 375 g/mol. The van der Waals surface area contributed by atoms with Crippen molar-refractivity contribution in [2.45, 2.75) is 36.5 Å². The molecule has 0 aromatic carbocycles. The topological polar surface area (TPSA) is 100 Å². The van der Waals surface area contributed by atoms with Crippen LogP contribution in [-0.4, -0.2) is 59.1 Å². The van der Waals surface area contributed by atoms with Crippen molar-refractivity contribution in [3.05, 3.63) is 11.3 Å². The molecular formula is C12H16F3NO7S. The lowest BCUT2D eigenvalue weighted by Crippen LogP contribution is -2.42. The molecule has 0 aromatic heterocycles. The van der Waals surface area contributed by atoms with Crippen molar-refractivity contribution in [2.24, 2.45) is 0 Å². The molecule has 2 heterocycles. The van der Waals surface area contributed by atoms with Crippen molar-refractivity contribution in [2.75, 3.05) is 21.0 Å². The van der Waals surface area contributed by atoms with Crippen molar-refractivity contribution in [1.29, 1.82) is 0 Å². The zero-order valence-corrected chi connectivity index (χ0v) is 13.6. The highest BCUT2D eigenvalue weighted by molar-refractivity contribution is 7.87. The molecule has 0 aliphatic carbocycles. The van der Waals surface area contributed by atoms with E-state index in [1.807, 2.05) is 0 Å². The summed E-state index contributed by atoms with van der Waals surface area (Å²) >= 11 is 0. The van der Waals surface area contributed by atoms with E-state index >= 15 is 0 Å². The van der Waals surface area contributed by atoms with Crippen LogP contribution in [0.5, 0.6) is 0 Å². The first-order chi connectivity index (χ1) is 11.1. The normalized spacial score (nSPS) is 27.3. The molecule has 0 aromatic rings. The number of hydrogen-bond donors (Lipinski definition) is 1. The number of nitrogens with one attached hydrogen (secondary N) is 1. The first-order valence-corrected chi connectivity index (χ1v) is 8.20. The minimum Gasteiger partial charge on any atom is -0.466 e. The first-order valence-electron chi connectivity index (χ1n) is 6.79. The smallest absolute Gasteiger partial charge is 0.466 e. The molecule has 0 spiro atoms. The van der Waals surface area contributed by atoms with E-state index in [-0.39, 0.29) is 25.2 Å². The largest absolute Gasteiger partial charge is 0.534 e. The van der Waals surface area contributed by atoms with E-state index in [0.717, 1.165) is 7.11 Å². The van der Waals surface area contributed by atoms with Crippen molar-refractivity contribution >= 4 is 16.1 Å². The standard InChI is InChI=1S/C12H16F3NO7S/c1-20-5-22-8-4-7-10(11(17)21-2)9(3-6(8)16-7)23-24(18,19)12(13,14)15/h6-8,16H,3-5H2,1-2H3. The van der Waals surface area contributed by atoms with Gasteiger partial charge in [-0.05, 0) is 6.42 Å². The molecule has 2 bridgehead atoms. The van der Waals surface area contributed by atoms with Crippen LogP contribution in [0.25, 0.3) is 0 Å². The highest BCUT2D eigenvalue weighted by Crippen LogP contribution is 2.37. The highest BCUT2D eigenvalue weighted by Gasteiger charge is 2.52. The molecule has 3 atom stereocenters. The zero-order valence-electron chi connectivity index (χ0n) is 12.8. The van der Waals surface area contributed by atoms with Gasteiger partial charge in [-0.25, -0.2) is 4.79 Å². The fourth-order valence-corrected chi connectivity index (χ4v) is 3.21. The third-order valence-corrected chi connectivity index (χ3v) is 4.67. The van der Waals surface area contributed by atoms with E-state index in [2.05, 4.69) is 14.2 Å². The van der Waals surface area contributed by atoms with E-state index in [0.29, 0.717) is 0 Å². The van der Waals surface area contributed by atoms with Crippen molar-refractivity contribution < 1.29 is 44.8 Å². The number of carbonyl (C=O) groups excluding carboxylic acids is 1. The molecule has 24 heavy (non-hydrogen) atoms. The van der Waals surface area contributed by atoms with Gasteiger partial charge >= 0.3 is 21.6 Å². The molecule has 2 aliphatic heterocycles. The molecule has 3 unspecified atom stereocenters. The van der Waals surface area contributed by atoms with E-state index in [1.165, 1.54) is 7.11 Å². The molecule has 8 nitrogen and oxygen atoms in total. The summed E-state index contributed by atoms with van der Waals surface area (Å²) in [5.74, 6) is -1.55. The molecular weight excluding hydrogens is 359 g/mol. The van der Waals surface area contributed by atoms with Gasteiger partial charge in [-0.1, -0.05) is 0 Å². The first kappa shape index (κ1) is 19.0. The fourth-order valence-electron chi connectivity index (χ4n) is 2.69. The molecule has 0 radical (unpaired) electrons. The third-order valence-electron chi connectivity index (χ3n) is 3.69. The van der Waals surface area contributed by atoms with E-state index < -0.39 is 45.5 Å². The van der Waals surface area contributed by atoms with Gasteiger partial charge in [0.1, 0.15) is 12.6 Å². The van der Waals surface area contributed by atoms with Crippen LogP contribution < -0.4 is 5.32 Å².